The highest BCUT2D eigenvalue weighted by atomic mass is 127. The molecule has 2 N–H and O–H groups in total. The van der Waals surface area contributed by atoms with E-state index in [2.05, 4.69) is 20.6 Å². The number of fused-ring (bicyclic) bond motifs is 1. The lowest BCUT2D eigenvalue weighted by Crippen LogP contribution is -2.46. The van der Waals surface area contributed by atoms with Crippen molar-refractivity contribution in [3.63, 3.8) is 0 Å². The van der Waals surface area contributed by atoms with Crippen LogP contribution in [0.2, 0.25) is 0 Å². The van der Waals surface area contributed by atoms with Crippen LogP contribution in [-0.4, -0.2) is 43.6 Å². The highest BCUT2D eigenvalue weighted by molar-refractivity contribution is 14.0. The van der Waals surface area contributed by atoms with Crippen molar-refractivity contribution in [3.05, 3.63) is 36.3 Å². The summed E-state index contributed by atoms with van der Waals surface area (Å²) < 4.78 is 14.1. The smallest absolute Gasteiger partial charge is 0.191 e. The Balaban J connectivity index is 0.00000243. The maximum atomic E-state index is 12.1. The molecular formula is C18H28IN5OS. The highest BCUT2D eigenvalue weighted by Gasteiger charge is 2.26. The fraction of sp³-hybridized carbons (Fsp3) is 0.556. The number of nitrogens with one attached hydrogen (secondary N) is 2. The predicted octanol–water partition coefficient (Wildman–Crippen LogP) is 2.70. The number of pyridine rings is 1. The number of imidazole rings is 1. The summed E-state index contributed by atoms with van der Waals surface area (Å²) in [5.74, 6) is 1.53. The number of nitrogens with zero attached hydrogens (tertiary/aromatic N) is 3. The molecule has 0 spiro atoms. The minimum Gasteiger partial charge on any atom is -0.354 e. The minimum absolute atomic E-state index is 0. The number of hydrogen-bond acceptors (Lipinski definition) is 3. The maximum absolute atomic E-state index is 12.1. The molecule has 2 aromatic heterocycles. The van der Waals surface area contributed by atoms with Gasteiger partial charge in [-0.3, -0.25) is 9.20 Å². The van der Waals surface area contributed by atoms with Gasteiger partial charge in [-0.05, 0) is 31.4 Å². The average molecular weight is 489 g/mol. The number of halogens is 1. The monoisotopic (exact) mass is 489 g/mol. The van der Waals surface area contributed by atoms with Crippen LogP contribution < -0.4 is 10.6 Å². The van der Waals surface area contributed by atoms with Crippen molar-refractivity contribution < 1.29 is 4.21 Å². The van der Waals surface area contributed by atoms with E-state index in [0.717, 1.165) is 48.7 Å². The number of rotatable bonds is 5. The van der Waals surface area contributed by atoms with Gasteiger partial charge in [0.25, 0.3) is 0 Å². The first kappa shape index (κ1) is 21.1. The minimum atomic E-state index is -0.706. The van der Waals surface area contributed by atoms with Crippen LogP contribution in [0.15, 0.2) is 35.6 Å². The van der Waals surface area contributed by atoms with Crippen LogP contribution in [-0.2, 0) is 17.3 Å². The van der Waals surface area contributed by atoms with Gasteiger partial charge in [0.2, 0.25) is 0 Å². The lowest BCUT2D eigenvalue weighted by molar-refractivity contribution is 0.413. The van der Waals surface area contributed by atoms with Crippen LogP contribution in [0, 0.1) is 0 Å². The molecule has 3 unspecified atom stereocenters. The van der Waals surface area contributed by atoms with E-state index < -0.39 is 10.8 Å². The van der Waals surface area contributed by atoms with Crippen LogP contribution >= 0.6 is 24.0 Å². The highest BCUT2D eigenvalue weighted by Crippen LogP contribution is 2.23. The van der Waals surface area contributed by atoms with Gasteiger partial charge >= 0.3 is 0 Å². The van der Waals surface area contributed by atoms with E-state index in [1.165, 1.54) is 0 Å². The van der Waals surface area contributed by atoms with E-state index in [1.54, 1.807) is 7.05 Å². The molecule has 0 aliphatic heterocycles. The second kappa shape index (κ2) is 10.2. The van der Waals surface area contributed by atoms with E-state index in [0.29, 0.717) is 17.8 Å². The van der Waals surface area contributed by atoms with Crippen molar-refractivity contribution in [2.75, 3.05) is 12.8 Å². The molecule has 1 aliphatic rings. The molecule has 0 amide bonds. The van der Waals surface area contributed by atoms with Gasteiger partial charge in [0, 0.05) is 47.3 Å². The first-order valence-electron chi connectivity index (χ1n) is 8.96. The molecule has 1 saturated carbocycles. The molecule has 2 aromatic rings. The molecular weight excluding hydrogens is 461 g/mol. The molecule has 2 heterocycles. The van der Waals surface area contributed by atoms with Crippen molar-refractivity contribution in [1.29, 1.82) is 0 Å². The van der Waals surface area contributed by atoms with Crippen LogP contribution in [0.5, 0.6) is 0 Å². The van der Waals surface area contributed by atoms with Gasteiger partial charge in [-0.2, -0.15) is 0 Å². The van der Waals surface area contributed by atoms with Crippen LogP contribution in [0.3, 0.4) is 0 Å². The largest absolute Gasteiger partial charge is 0.354 e. The predicted molar refractivity (Wildman–Crippen MR) is 119 cm³/mol. The average Bonchev–Trinajstić information content (AvgIpc) is 3.07. The summed E-state index contributed by atoms with van der Waals surface area (Å²) in [6.45, 7) is 2.63. The molecule has 0 radical (unpaired) electrons. The van der Waals surface area contributed by atoms with E-state index in [1.807, 2.05) is 41.9 Å². The molecule has 1 fully saturated rings. The summed E-state index contributed by atoms with van der Waals surface area (Å²) in [6, 6.07) is 6.31. The molecule has 0 bridgehead atoms. The summed E-state index contributed by atoms with van der Waals surface area (Å²) in [5.41, 5.74) is 1.92. The van der Waals surface area contributed by atoms with Crippen molar-refractivity contribution in [3.8, 4) is 0 Å². The number of aliphatic imine (C=N–C) groups is 1. The van der Waals surface area contributed by atoms with Gasteiger partial charge in [0.1, 0.15) is 5.65 Å². The fourth-order valence-corrected chi connectivity index (χ4v) is 4.73. The lowest BCUT2D eigenvalue weighted by atomic mass is 9.95. The summed E-state index contributed by atoms with van der Waals surface area (Å²) in [6.07, 6.45) is 8.27. The molecule has 26 heavy (non-hydrogen) atoms. The Morgan fingerprint density at radius 1 is 1.42 bits per heavy atom. The van der Waals surface area contributed by atoms with E-state index in [-0.39, 0.29) is 24.0 Å². The molecule has 0 aromatic carbocycles. The molecule has 3 atom stereocenters. The van der Waals surface area contributed by atoms with E-state index >= 15 is 0 Å². The third-order valence-electron chi connectivity index (χ3n) is 4.70. The van der Waals surface area contributed by atoms with Crippen molar-refractivity contribution in [1.82, 2.24) is 20.0 Å². The molecule has 144 valence electrons. The Hall–Kier alpha value is -1.16. The number of guanidine groups is 1. The summed E-state index contributed by atoms with van der Waals surface area (Å²) in [7, 11) is 1.07. The van der Waals surface area contributed by atoms with Gasteiger partial charge in [0.05, 0.1) is 12.2 Å². The quantitative estimate of drug-likeness (QED) is 0.385. The molecule has 1 aliphatic carbocycles. The standard InChI is InChI=1S/C18H27N5OS.HI/c1-3-25(24)16-8-6-7-14(11-16)22-18(19-2)20-12-15-13-23-10-5-4-9-17(23)21-15;/h4-5,9-10,13-14,16H,3,6-8,11-12H2,1-2H3,(H2,19,20,22);1H. The zero-order valence-corrected chi connectivity index (χ0v) is 18.5. The molecule has 8 heteroatoms. The lowest BCUT2D eigenvalue weighted by Gasteiger charge is -2.30. The summed E-state index contributed by atoms with van der Waals surface area (Å²) >= 11 is 0. The third-order valence-corrected chi connectivity index (χ3v) is 6.44. The fourth-order valence-electron chi connectivity index (χ4n) is 3.39. The Labute approximate surface area is 174 Å². The van der Waals surface area contributed by atoms with Crippen molar-refractivity contribution >= 4 is 46.4 Å². The van der Waals surface area contributed by atoms with Crippen LogP contribution in [0.1, 0.15) is 38.3 Å². The SMILES string of the molecule is CCS(=O)C1CCCC(NC(=NC)NCc2cn3ccccc3n2)C1.I. The second-order valence-corrected chi connectivity index (χ2v) is 8.43. The van der Waals surface area contributed by atoms with Gasteiger partial charge in [0.15, 0.2) is 5.96 Å². The Morgan fingerprint density at radius 2 is 2.27 bits per heavy atom. The van der Waals surface area contributed by atoms with Crippen molar-refractivity contribution in [2.45, 2.75) is 50.4 Å². The Morgan fingerprint density at radius 3 is 3.00 bits per heavy atom. The Bertz CT molecular complexity index is 730. The van der Waals surface area contributed by atoms with E-state index in [4.69, 9.17) is 0 Å². The summed E-state index contributed by atoms with van der Waals surface area (Å²) in [4.78, 5) is 8.91. The summed E-state index contributed by atoms with van der Waals surface area (Å²) in [5, 5.41) is 7.14. The first-order chi connectivity index (χ1) is 12.2. The van der Waals surface area contributed by atoms with Gasteiger partial charge < -0.3 is 15.0 Å². The van der Waals surface area contributed by atoms with Gasteiger partial charge in [-0.1, -0.05) is 19.4 Å². The Kier molecular flexibility index (Phi) is 8.33. The number of hydrogen-bond donors (Lipinski definition) is 2. The zero-order valence-electron chi connectivity index (χ0n) is 15.4. The van der Waals surface area contributed by atoms with Crippen LogP contribution in [0.25, 0.3) is 5.65 Å². The number of aromatic nitrogens is 2. The van der Waals surface area contributed by atoms with Crippen LogP contribution in [0.4, 0.5) is 0 Å². The third kappa shape index (κ3) is 5.42. The maximum Gasteiger partial charge on any atom is 0.191 e. The van der Waals surface area contributed by atoms with Gasteiger partial charge in [-0.15, -0.1) is 24.0 Å². The van der Waals surface area contributed by atoms with Gasteiger partial charge in [-0.25, -0.2) is 4.98 Å². The molecule has 3 rings (SSSR count). The molecule has 0 saturated heterocycles. The molecule has 6 nitrogen and oxygen atoms in total. The topological polar surface area (TPSA) is 70.8 Å². The first-order valence-corrected chi connectivity index (χ1v) is 10.3. The zero-order chi connectivity index (χ0) is 17.6. The normalized spacial score (nSPS) is 21.8. The second-order valence-electron chi connectivity index (χ2n) is 6.42. The van der Waals surface area contributed by atoms with E-state index in [9.17, 15) is 4.21 Å². The van der Waals surface area contributed by atoms with Crippen molar-refractivity contribution in [2.24, 2.45) is 4.99 Å².